The summed E-state index contributed by atoms with van der Waals surface area (Å²) in [6.45, 7) is 3.94. The average Bonchev–Trinajstić information content (AvgIpc) is 3.22. The predicted octanol–water partition coefficient (Wildman–Crippen LogP) is 2.94. The zero-order valence-corrected chi connectivity index (χ0v) is 18.2. The van der Waals surface area contributed by atoms with Crippen molar-refractivity contribution in [1.29, 1.82) is 0 Å². The Bertz CT molecular complexity index is 1080. The highest BCUT2D eigenvalue weighted by Crippen LogP contribution is 2.48. The third-order valence-corrected chi connectivity index (χ3v) is 6.01. The van der Waals surface area contributed by atoms with Crippen molar-refractivity contribution in [2.75, 3.05) is 10.6 Å². The normalized spacial score (nSPS) is 15.1. The Balaban J connectivity index is 2.03. The number of rotatable bonds is 8. The van der Waals surface area contributed by atoms with Crippen molar-refractivity contribution in [1.82, 2.24) is 10.2 Å². The first-order valence-corrected chi connectivity index (χ1v) is 10.8. The Morgan fingerprint density at radius 2 is 1.59 bits per heavy atom. The van der Waals surface area contributed by atoms with Crippen LogP contribution in [-0.4, -0.2) is 29.1 Å². The summed E-state index contributed by atoms with van der Waals surface area (Å²) in [6.07, 6.45) is 4.02. The Kier molecular flexibility index (Phi) is 6.05. The first kappa shape index (κ1) is 21.7. The van der Waals surface area contributed by atoms with Gasteiger partial charge in [-0.25, -0.2) is 0 Å². The van der Waals surface area contributed by atoms with Crippen LogP contribution < -0.4 is 16.4 Å². The summed E-state index contributed by atoms with van der Waals surface area (Å²) in [5.41, 5.74) is 11.3. The Morgan fingerprint density at radius 1 is 1.03 bits per heavy atom. The van der Waals surface area contributed by atoms with Crippen molar-refractivity contribution >= 4 is 24.2 Å². The number of anilines is 2. The molecule has 0 saturated carbocycles. The fraction of sp³-hybridized carbons (Fsp3) is 0.333. The standard InChI is InChI=1S/C24H27N5O3/c1-3-22-28-29-23(32-22)24(12-15(2)25)20-8-6-18(26-13-30)10-16(20)4-5-17-11-19(27-14-31)7-9-21(17)24/h6-11,13-15H,3-5,12,25H2,1-2H3,(H,26,30)(H,27,31)/t15-/m0/s1. The van der Waals surface area contributed by atoms with E-state index in [2.05, 4.69) is 20.8 Å². The van der Waals surface area contributed by atoms with Crippen LogP contribution in [0.5, 0.6) is 0 Å². The van der Waals surface area contributed by atoms with Crippen LogP contribution in [0.4, 0.5) is 11.4 Å². The number of hydrogen-bond donors (Lipinski definition) is 3. The molecule has 32 heavy (non-hydrogen) atoms. The highest BCUT2D eigenvalue weighted by molar-refractivity contribution is 5.74. The van der Waals surface area contributed by atoms with Gasteiger partial charge in [0.25, 0.3) is 0 Å². The van der Waals surface area contributed by atoms with Crippen molar-refractivity contribution in [3.63, 3.8) is 0 Å². The summed E-state index contributed by atoms with van der Waals surface area (Å²) in [6, 6.07) is 11.6. The molecular formula is C24H27N5O3. The molecule has 0 radical (unpaired) electrons. The van der Waals surface area contributed by atoms with Gasteiger partial charge in [0, 0.05) is 23.8 Å². The number of hydrogen-bond acceptors (Lipinski definition) is 6. The molecule has 0 saturated heterocycles. The van der Waals surface area contributed by atoms with Crippen molar-refractivity contribution in [3.05, 3.63) is 70.4 Å². The van der Waals surface area contributed by atoms with Crippen LogP contribution in [0.25, 0.3) is 0 Å². The van der Waals surface area contributed by atoms with Crippen molar-refractivity contribution in [2.24, 2.45) is 5.73 Å². The van der Waals surface area contributed by atoms with Gasteiger partial charge >= 0.3 is 0 Å². The van der Waals surface area contributed by atoms with Crippen molar-refractivity contribution in [2.45, 2.75) is 51.0 Å². The fourth-order valence-corrected chi connectivity index (χ4v) is 4.75. The second-order valence-electron chi connectivity index (χ2n) is 8.21. The second-order valence-corrected chi connectivity index (χ2v) is 8.21. The molecule has 1 aliphatic rings. The van der Waals surface area contributed by atoms with Crippen LogP contribution in [0.1, 0.15) is 54.3 Å². The largest absolute Gasteiger partial charge is 0.424 e. The third-order valence-electron chi connectivity index (χ3n) is 6.01. The maximum Gasteiger partial charge on any atom is 0.231 e. The van der Waals surface area contributed by atoms with Crippen LogP contribution in [0.15, 0.2) is 40.8 Å². The molecule has 1 heterocycles. The van der Waals surface area contributed by atoms with E-state index in [0.717, 1.165) is 46.5 Å². The summed E-state index contributed by atoms with van der Waals surface area (Å²) in [5.74, 6) is 1.07. The summed E-state index contributed by atoms with van der Waals surface area (Å²) < 4.78 is 6.18. The van der Waals surface area contributed by atoms with E-state index in [9.17, 15) is 9.59 Å². The number of carbonyl (C=O) groups excluding carboxylic acids is 2. The summed E-state index contributed by atoms with van der Waals surface area (Å²) in [4.78, 5) is 22.0. The smallest absolute Gasteiger partial charge is 0.231 e. The van der Waals surface area contributed by atoms with Crippen LogP contribution >= 0.6 is 0 Å². The SMILES string of the molecule is CCc1nnc(C2(C[C@H](C)N)c3ccc(NC=O)cc3CCc3cc(NC=O)ccc32)o1. The zero-order valence-electron chi connectivity index (χ0n) is 18.2. The molecule has 0 spiro atoms. The molecule has 2 amide bonds. The topological polar surface area (TPSA) is 123 Å². The molecular weight excluding hydrogens is 406 g/mol. The highest BCUT2D eigenvalue weighted by Gasteiger charge is 2.46. The molecule has 2 aromatic carbocycles. The molecule has 166 valence electrons. The number of benzene rings is 2. The van der Waals surface area contributed by atoms with E-state index in [1.54, 1.807) is 0 Å². The lowest BCUT2D eigenvalue weighted by molar-refractivity contribution is -0.106. The van der Waals surface area contributed by atoms with E-state index in [4.69, 9.17) is 10.2 Å². The molecule has 0 unspecified atom stereocenters. The lowest BCUT2D eigenvalue weighted by Crippen LogP contribution is -2.37. The van der Waals surface area contributed by atoms with Gasteiger partial charge in [-0.15, -0.1) is 10.2 Å². The van der Waals surface area contributed by atoms with Crippen molar-refractivity contribution < 1.29 is 14.0 Å². The van der Waals surface area contributed by atoms with Gasteiger partial charge in [-0.05, 0) is 72.7 Å². The van der Waals surface area contributed by atoms with Gasteiger partial charge in [0.2, 0.25) is 24.6 Å². The molecule has 1 atom stereocenters. The van der Waals surface area contributed by atoms with Gasteiger partial charge in [-0.2, -0.15) is 0 Å². The minimum Gasteiger partial charge on any atom is -0.424 e. The van der Waals surface area contributed by atoms with Gasteiger partial charge in [0.1, 0.15) is 5.41 Å². The van der Waals surface area contributed by atoms with Crippen LogP contribution in [0, 0.1) is 0 Å². The van der Waals surface area contributed by atoms with Gasteiger partial charge < -0.3 is 20.8 Å². The minimum atomic E-state index is -0.755. The summed E-state index contributed by atoms with van der Waals surface area (Å²) in [7, 11) is 0. The van der Waals surface area contributed by atoms with E-state index >= 15 is 0 Å². The quantitative estimate of drug-likeness (QED) is 0.469. The lowest BCUT2D eigenvalue weighted by atomic mass is 9.68. The summed E-state index contributed by atoms with van der Waals surface area (Å²) in [5, 5.41) is 14.2. The molecule has 8 heteroatoms. The first-order valence-electron chi connectivity index (χ1n) is 10.8. The Morgan fingerprint density at radius 3 is 2.03 bits per heavy atom. The average molecular weight is 434 g/mol. The maximum absolute atomic E-state index is 11.0. The highest BCUT2D eigenvalue weighted by atomic mass is 16.4. The molecule has 1 aromatic heterocycles. The second kappa shape index (κ2) is 8.92. The number of nitrogens with one attached hydrogen (secondary N) is 2. The van der Waals surface area contributed by atoms with Crippen molar-refractivity contribution in [3.8, 4) is 0 Å². The van der Waals surface area contributed by atoms with E-state index in [0.29, 0.717) is 37.4 Å². The van der Waals surface area contributed by atoms with Crippen LogP contribution in [0.2, 0.25) is 0 Å². The maximum atomic E-state index is 11.0. The van der Waals surface area contributed by atoms with E-state index in [1.165, 1.54) is 0 Å². The van der Waals surface area contributed by atoms with E-state index in [-0.39, 0.29) is 6.04 Å². The number of nitrogens with two attached hydrogens (primary N) is 1. The molecule has 4 N–H and O–H groups in total. The number of aryl methyl sites for hydroxylation is 3. The van der Waals surface area contributed by atoms with Gasteiger partial charge in [0.15, 0.2) is 0 Å². The monoisotopic (exact) mass is 433 g/mol. The molecule has 0 bridgehead atoms. The lowest BCUT2D eigenvalue weighted by Gasteiger charge is -2.35. The fourth-order valence-electron chi connectivity index (χ4n) is 4.75. The third kappa shape index (κ3) is 3.78. The molecule has 0 aliphatic heterocycles. The van der Waals surface area contributed by atoms with Crippen LogP contribution in [0.3, 0.4) is 0 Å². The molecule has 1 aliphatic carbocycles. The van der Waals surface area contributed by atoms with Crippen LogP contribution in [-0.2, 0) is 34.3 Å². The number of amides is 2. The Hall–Kier alpha value is -3.52. The summed E-state index contributed by atoms with van der Waals surface area (Å²) >= 11 is 0. The van der Waals surface area contributed by atoms with Gasteiger partial charge in [0.05, 0.1) is 0 Å². The molecule has 8 nitrogen and oxygen atoms in total. The zero-order chi connectivity index (χ0) is 22.7. The Labute approximate surface area is 186 Å². The molecule has 4 rings (SSSR count). The van der Waals surface area contributed by atoms with E-state index < -0.39 is 5.41 Å². The molecule has 0 fully saturated rings. The van der Waals surface area contributed by atoms with E-state index in [1.807, 2.05) is 50.2 Å². The van der Waals surface area contributed by atoms with Gasteiger partial charge in [-0.1, -0.05) is 19.1 Å². The number of carbonyl (C=O) groups is 2. The first-order chi connectivity index (χ1) is 15.5. The number of aromatic nitrogens is 2. The number of fused-ring (bicyclic) bond motifs is 2. The minimum absolute atomic E-state index is 0.161. The molecule has 3 aromatic rings. The van der Waals surface area contributed by atoms with Gasteiger partial charge in [-0.3, -0.25) is 9.59 Å². The predicted molar refractivity (Wildman–Crippen MR) is 121 cm³/mol. The number of nitrogens with zero attached hydrogens (tertiary/aromatic N) is 2.